The summed E-state index contributed by atoms with van der Waals surface area (Å²) >= 11 is 5.91. The Hall–Kier alpha value is -2.15. The molecule has 8 heteroatoms. The minimum Gasteiger partial charge on any atom is -0.365 e. The molecule has 2 amide bonds. The van der Waals surface area contributed by atoms with E-state index in [1.54, 1.807) is 12.1 Å². The highest BCUT2D eigenvalue weighted by atomic mass is 35.5. The number of Topliss-reactive ketones (excluding diaryl/α,β-unsaturated/α-hetero) is 1. The van der Waals surface area contributed by atoms with Crippen LogP contribution in [0.3, 0.4) is 0 Å². The maximum absolute atomic E-state index is 13.4. The summed E-state index contributed by atoms with van der Waals surface area (Å²) in [6, 6.07) is 4.72. The minimum atomic E-state index is -0.828. The first-order chi connectivity index (χ1) is 13.8. The quantitative estimate of drug-likeness (QED) is 0.742. The summed E-state index contributed by atoms with van der Waals surface area (Å²) in [6.07, 6.45) is 2.41. The molecular formula is C21H25ClFN3O3. The number of carbonyl (C=O) groups is 3. The van der Waals surface area contributed by atoms with Crippen molar-refractivity contribution in [1.82, 2.24) is 10.2 Å². The van der Waals surface area contributed by atoms with Crippen molar-refractivity contribution >= 4 is 34.9 Å². The van der Waals surface area contributed by atoms with Crippen LogP contribution in [-0.2, 0) is 14.4 Å². The van der Waals surface area contributed by atoms with Gasteiger partial charge in [0.25, 0.3) is 0 Å². The summed E-state index contributed by atoms with van der Waals surface area (Å²) in [6.45, 7) is 3.74. The molecule has 0 aromatic heterocycles. The van der Waals surface area contributed by atoms with E-state index in [2.05, 4.69) is 10.2 Å². The van der Waals surface area contributed by atoms with Crippen LogP contribution in [-0.4, -0.2) is 53.7 Å². The molecule has 0 bridgehead atoms. The van der Waals surface area contributed by atoms with E-state index in [1.807, 2.05) is 11.8 Å². The lowest BCUT2D eigenvalue weighted by molar-refractivity contribution is -0.133. The predicted octanol–water partition coefficient (Wildman–Crippen LogP) is 2.53. The third-order valence-electron chi connectivity index (χ3n) is 6.40. The zero-order valence-corrected chi connectivity index (χ0v) is 17.2. The van der Waals surface area contributed by atoms with Crippen molar-refractivity contribution in [3.63, 3.8) is 0 Å². The van der Waals surface area contributed by atoms with Crippen molar-refractivity contribution < 1.29 is 18.8 Å². The van der Waals surface area contributed by atoms with Gasteiger partial charge in [0.2, 0.25) is 11.8 Å². The number of nitrogens with one attached hydrogen (secondary N) is 1. The van der Waals surface area contributed by atoms with Crippen LogP contribution in [0.5, 0.6) is 0 Å². The standard InChI is InChI=1S/C21H25ClFN3O3/c1-13-12-25(8-9-26(13)15-4-5-17(23)16(22)10-15)20(29)6-7-21(14-2-3-14)18(27)11-19(28)24-21/h4-5,10,13-14H,2-3,6-9,11-12H2,1H3,(H,24,28)/t13-,21?/m0/s1. The van der Waals surface area contributed by atoms with Gasteiger partial charge in [0.15, 0.2) is 5.78 Å². The zero-order valence-electron chi connectivity index (χ0n) is 16.4. The lowest BCUT2D eigenvalue weighted by Gasteiger charge is -2.41. The van der Waals surface area contributed by atoms with Gasteiger partial charge in [0.1, 0.15) is 11.4 Å². The Bertz CT molecular complexity index is 860. The zero-order chi connectivity index (χ0) is 20.8. The van der Waals surface area contributed by atoms with Crippen LogP contribution in [0.15, 0.2) is 18.2 Å². The summed E-state index contributed by atoms with van der Waals surface area (Å²) in [7, 11) is 0. The van der Waals surface area contributed by atoms with Gasteiger partial charge in [0, 0.05) is 37.8 Å². The molecule has 1 aromatic carbocycles. The number of hydrogen-bond acceptors (Lipinski definition) is 4. The van der Waals surface area contributed by atoms with E-state index in [1.165, 1.54) is 6.07 Å². The van der Waals surface area contributed by atoms with Crippen molar-refractivity contribution in [3.05, 3.63) is 29.0 Å². The van der Waals surface area contributed by atoms with E-state index >= 15 is 0 Å². The number of hydrogen-bond donors (Lipinski definition) is 1. The fraction of sp³-hybridized carbons (Fsp3) is 0.571. The van der Waals surface area contributed by atoms with Gasteiger partial charge < -0.3 is 15.1 Å². The van der Waals surface area contributed by atoms with Gasteiger partial charge in [-0.25, -0.2) is 4.39 Å². The highest BCUT2D eigenvalue weighted by Crippen LogP contribution is 2.45. The molecule has 29 heavy (non-hydrogen) atoms. The molecule has 156 valence electrons. The van der Waals surface area contributed by atoms with Crippen LogP contribution < -0.4 is 10.2 Å². The summed E-state index contributed by atoms with van der Waals surface area (Å²) in [5, 5.41) is 2.96. The van der Waals surface area contributed by atoms with Gasteiger partial charge in [-0.3, -0.25) is 14.4 Å². The minimum absolute atomic E-state index is 0.00242. The highest BCUT2D eigenvalue weighted by molar-refractivity contribution is 6.31. The molecule has 2 heterocycles. The van der Waals surface area contributed by atoms with Crippen molar-refractivity contribution in [2.24, 2.45) is 5.92 Å². The Morgan fingerprint density at radius 3 is 2.66 bits per heavy atom. The molecular weight excluding hydrogens is 397 g/mol. The second-order valence-corrected chi connectivity index (χ2v) is 8.78. The van der Waals surface area contributed by atoms with Crippen LogP contribution in [0.4, 0.5) is 10.1 Å². The van der Waals surface area contributed by atoms with Gasteiger partial charge in [-0.05, 0) is 50.3 Å². The van der Waals surface area contributed by atoms with Crippen LogP contribution in [0, 0.1) is 11.7 Å². The van der Waals surface area contributed by atoms with E-state index in [-0.39, 0.29) is 47.4 Å². The third-order valence-corrected chi connectivity index (χ3v) is 6.69. The average Bonchev–Trinajstić information content (AvgIpc) is 3.48. The van der Waals surface area contributed by atoms with Gasteiger partial charge in [-0.2, -0.15) is 0 Å². The molecule has 1 unspecified atom stereocenters. The molecule has 1 N–H and O–H groups in total. The molecule has 3 aliphatic rings. The Morgan fingerprint density at radius 1 is 1.31 bits per heavy atom. The Balaban J connectivity index is 1.36. The SMILES string of the molecule is C[C@H]1CN(C(=O)CCC2(C3CC3)NC(=O)CC2=O)CCN1c1ccc(F)c(Cl)c1. The molecule has 6 nitrogen and oxygen atoms in total. The average molecular weight is 422 g/mol. The number of anilines is 1. The summed E-state index contributed by atoms with van der Waals surface area (Å²) in [5.74, 6) is -0.565. The van der Waals surface area contributed by atoms with E-state index in [9.17, 15) is 18.8 Å². The number of amides is 2. The largest absolute Gasteiger partial charge is 0.365 e. The Kier molecular flexibility index (Phi) is 5.27. The van der Waals surface area contributed by atoms with Crippen molar-refractivity contribution in [3.8, 4) is 0 Å². The maximum Gasteiger partial charge on any atom is 0.228 e. The number of nitrogens with zero attached hydrogens (tertiary/aromatic N) is 2. The monoisotopic (exact) mass is 421 g/mol. The van der Waals surface area contributed by atoms with E-state index in [4.69, 9.17) is 11.6 Å². The Labute approximate surface area is 174 Å². The van der Waals surface area contributed by atoms with Gasteiger partial charge in [0.05, 0.1) is 11.4 Å². The maximum atomic E-state index is 13.4. The molecule has 4 rings (SSSR count). The molecule has 2 aliphatic heterocycles. The molecule has 0 radical (unpaired) electrons. The summed E-state index contributed by atoms with van der Waals surface area (Å²) in [4.78, 5) is 40.9. The van der Waals surface area contributed by atoms with Crippen LogP contribution in [0.2, 0.25) is 5.02 Å². The number of halogens is 2. The van der Waals surface area contributed by atoms with Crippen molar-refractivity contribution in [2.45, 2.75) is 50.6 Å². The van der Waals surface area contributed by atoms with E-state index in [0.717, 1.165) is 18.5 Å². The van der Waals surface area contributed by atoms with Crippen molar-refractivity contribution in [2.75, 3.05) is 24.5 Å². The number of piperazine rings is 1. The molecule has 1 saturated carbocycles. The molecule has 1 aromatic rings. The van der Waals surface area contributed by atoms with Crippen LogP contribution >= 0.6 is 11.6 Å². The second-order valence-electron chi connectivity index (χ2n) is 8.37. The predicted molar refractivity (Wildman–Crippen MR) is 107 cm³/mol. The van der Waals surface area contributed by atoms with Gasteiger partial charge in [-0.1, -0.05) is 11.6 Å². The topological polar surface area (TPSA) is 69.7 Å². The fourth-order valence-electron chi connectivity index (χ4n) is 4.67. The number of ketones is 1. The lowest BCUT2D eigenvalue weighted by atomic mass is 9.85. The second kappa shape index (κ2) is 7.59. The smallest absolute Gasteiger partial charge is 0.228 e. The molecule has 2 atom stereocenters. The van der Waals surface area contributed by atoms with Gasteiger partial charge in [-0.15, -0.1) is 0 Å². The lowest BCUT2D eigenvalue weighted by Crippen LogP contribution is -2.54. The first kappa shape index (κ1) is 20.1. The highest BCUT2D eigenvalue weighted by Gasteiger charge is 2.55. The number of benzene rings is 1. The van der Waals surface area contributed by atoms with Crippen LogP contribution in [0.1, 0.15) is 39.0 Å². The fourth-order valence-corrected chi connectivity index (χ4v) is 4.85. The van der Waals surface area contributed by atoms with Crippen molar-refractivity contribution in [1.29, 1.82) is 0 Å². The molecule has 0 spiro atoms. The normalized spacial score (nSPS) is 27.3. The van der Waals surface area contributed by atoms with Gasteiger partial charge >= 0.3 is 0 Å². The summed E-state index contributed by atoms with van der Waals surface area (Å²) < 4.78 is 13.4. The number of carbonyl (C=O) groups excluding carboxylic acids is 3. The first-order valence-electron chi connectivity index (χ1n) is 10.1. The van der Waals surface area contributed by atoms with Crippen LogP contribution in [0.25, 0.3) is 0 Å². The molecule has 1 aliphatic carbocycles. The molecule has 3 fully saturated rings. The van der Waals surface area contributed by atoms with E-state index in [0.29, 0.717) is 26.1 Å². The first-order valence-corrected chi connectivity index (χ1v) is 10.5. The molecule has 2 saturated heterocycles. The summed E-state index contributed by atoms with van der Waals surface area (Å²) in [5.41, 5.74) is 0.00773. The van der Waals surface area contributed by atoms with E-state index < -0.39 is 11.4 Å². The third kappa shape index (κ3) is 3.84. The Morgan fingerprint density at radius 2 is 2.07 bits per heavy atom. The number of rotatable bonds is 5.